The van der Waals surface area contributed by atoms with Gasteiger partial charge in [0.25, 0.3) is 0 Å². The molecule has 22 heavy (non-hydrogen) atoms. The van der Waals surface area contributed by atoms with E-state index in [4.69, 9.17) is 9.84 Å². The maximum atomic E-state index is 8.81. The number of ether oxygens (including phenoxy) is 1. The molecule has 2 aromatic heterocycles. The zero-order valence-corrected chi connectivity index (χ0v) is 13.6. The van der Waals surface area contributed by atoms with Crippen molar-refractivity contribution in [3.8, 4) is 0 Å². The molecule has 2 aromatic rings. The van der Waals surface area contributed by atoms with E-state index in [-0.39, 0.29) is 6.61 Å². The summed E-state index contributed by atoms with van der Waals surface area (Å²) in [6, 6.07) is 0. The number of aliphatic hydroxyl groups is 1. The molecule has 0 spiro atoms. The van der Waals surface area contributed by atoms with Crippen LogP contribution in [0.25, 0.3) is 0 Å². The van der Waals surface area contributed by atoms with Crippen molar-refractivity contribution in [2.24, 2.45) is 0 Å². The van der Waals surface area contributed by atoms with Crippen LogP contribution in [-0.4, -0.2) is 49.7 Å². The van der Waals surface area contributed by atoms with E-state index < -0.39 is 0 Å². The highest BCUT2D eigenvalue weighted by Crippen LogP contribution is 2.18. The molecule has 0 aliphatic carbocycles. The average Bonchev–Trinajstić information content (AvgIpc) is 3.01. The number of aromatic nitrogens is 4. The van der Waals surface area contributed by atoms with Gasteiger partial charge in [0.05, 0.1) is 36.2 Å². The van der Waals surface area contributed by atoms with Crippen LogP contribution >= 0.6 is 11.3 Å². The van der Waals surface area contributed by atoms with Gasteiger partial charge in [0.2, 0.25) is 0 Å². The third kappa shape index (κ3) is 3.70. The normalized spacial score (nSPS) is 15.7. The van der Waals surface area contributed by atoms with Crippen LogP contribution < -0.4 is 0 Å². The third-order valence-corrected chi connectivity index (χ3v) is 4.48. The van der Waals surface area contributed by atoms with Crippen LogP contribution in [0.1, 0.15) is 28.5 Å². The fourth-order valence-electron chi connectivity index (χ4n) is 2.65. The molecule has 0 saturated heterocycles. The Bertz CT molecular complexity index is 612. The Morgan fingerprint density at radius 2 is 2.32 bits per heavy atom. The van der Waals surface area contributed by atoms with Crippen molar-refractivity contribution >= 4 is 11.3 Å². The predicted octanol–water partition coefficient (Wildman–Crippen LogP) is 0.958. The Labute approximate surface area is 133 Å². The van der Waals surface area contributed by atoms with Crippen LogP contribution in [0.4, 0.5) is 0 Å². The summed E-state index contributed by atoms with van der Waals surface area (Å²) in [7, 11) is 0. The number of hydrogen-bond donors (Lipinski definition) is 1. The number of hydrogen-bond acceptors (Lipinski definition) is 7. The Balaban J connectivity index is 1.69. The molecule has 0 bridgehead atoms. The zero-order valence-electron chi connectivity index (χ0n) is 12.7. The lowest BCUT2D eigenvalue weighted by atomic mass is 10.3. The van der Waals surface area contributed by atoms with Crippen LogP contribution in [0.2, 0.25) is 0 Å². The molecule has 0 unspecified atom stereocenters. The van der Waals surface area contributed by atoms with Gasteiger partial charge in [0.15, 0.2) is 0 Å². The van der Waals surface area contributed by atoms with E-state index in [0.717, 1.165) is 54.7 Å². The highest BCUT2D eigenvalue weighted by atomic mass is 32.1. The number of rotatable bonds is 6. The maximum Gasteiger partial charge on any atom is 0.113 e. The molecule has 0 atom stereocenters. The Morgan fingerprint density at radius 1 is 1.41 bits per heavy atom. The van der Waals surface area contributed by atoms with Gasteiger partial charge in [-0.1, -0.05) is 5.21 Å². The number of aliphatic hydroxyl groups excluding tert-OH is 1. The molecule has 0 aromatic carbocycles. The molecule has 3 rings (SSSR count). The van der Waals surface area contributed by atoms with Crippen LogP contribution in [0, 0.1) is 6.92 Å². The summed E-state index contributed by atoms with van der Waals surface area (Å²) in [5.41, 5.74) is 3.11. The van der Waals surface area contributed by atoms with Gasteiger partial charge in [0, 0.05) is 31.6 Å². The molecule has 0 radical (unpaired) electrons. The van der Waals surface area contributed by atoms with Gasteiger partial charge in [0.1, 0.15) is 5.69 Å². The molecule has 3 heterocycles. The summed E-state index contributed by atoms with van der Waals surface area (Å²) in [6.45, 7) is 6.36. The molecule has 0 amide bonds. The van der Waals surface area contributed by atoms with Crippen LogP contribution in [-0.2, 0) is 31.0 Å². The first-order chi connectivity index (χ1) is 10.8. The van der Waals surface area contributed by atoms with Crippen molar-refractivity contribution in [3.63, 3.8) is 0 Å². The highest BCUT2D eigenvalue weighted by Gasteiger charge is 2.20. The van der Waals surface area contributed by atoms with E-state index in [1.165, 1.54) is 0 Å². The summed E-state index contributed by atoms with van der Waals surface area (Å²) >= 11 is 1.69. The molecule has 8 heteroatoms. The standard InChI is InChI=1S/C14H21N5O2S/c1-11-15-12(10-22-11)7-18-3-2-4-19-14(8-18)13(16-17-19)9-21-6-5-20/h10,20H,2-9H2,1H3. The van der Waals surface area contributed by atoms with Gasteiger partial charge in [-0.05, 0) is 13.3 Å². The minimum atomic E-state index is 0.0266. The molecule has 1 aliphatic heterocycles. The molecule has 1 N–H and O–H groups in total. The lowest BCUT2D eigenvalue weighted by Gasteiger charge is -2.18. The van der Waals surface area contributed by atoms with Gasteiger partial charge in [-0.15, -0.1) is 16.4 Å². The van der Waals surface area contributed by atoms with E-state index in [1.54, 1.807) is 11.3 Å². The first-order valence-corrected chi connectivity index (χ1v) is 8.37. The quantitative estimate of drug-likeness (QED) is 0.798. The summed E-state index contributed by atoms with van der Waals surface area (Å²) in [5, 5.41) is 20.5. The van der Waals surface area contributed by atoms with Crippen LogP contribution in [0.5, 0.6) is 0 Å². The minimum Gasteiger partial charge on any atom is -0.394 e. The molecular formula is C14H21N5O2S. The Hall–Kier alpha value is -1.35. The van der Waals surface area contributed by atoms with Crippen molar-refractivity contribution < 1.29 is 9.84 Å². The monoisotopic (exact) mass is 323 g/mol. The SMILES string of the molecule is Cc1nc(CN2CCCn3nnc(COCCO)c3C2)cs1. The van der Waals surface area contributed by atoms with Crippen molar-refractivity contribution in [1.29, 1.82) is 0 Å². The van der Waals surface area contributed by atoms with Crippen LogP contribution in [0.3, 0.4) is 0 Å². The Morgan fingerprint density at radius 3 is 3.09 bits per heavy atom. The fourth-order valence-corrected chi connectivity index (χ4v) is 3.25. The summed E-state index contributed by atoms with van der Waals surface area (Å²) in [4.78, 5) is 6.93. The van der Waals surface area contributed by atoms with Gasteiger partial charge in [-0.3, -0.25) is 4.90 Å². The van der Waals surface area contributed by atoms with E-state index in [9.17, 15) is 0 Å². The van der Waals surface area contributed by atoms with Crippen molar-refractivity contribution in [1.82, 2.24) is 24.9 Å². The summed E-state index contributed by atoms with van der Waals surface area (Å²) < 4.78 is 7.37. The highest BCUT2D eigenvalue weighted by molar-refractivity contribution is 7.09. The van der Waals surface area contributed by atoms with Crippen LogP contribution in [0.15, 0.2) is 5.38 Å². The largest absolute Gasteiger partial charge is 0.394 e. The molecule has 0 saturated carbocycles. The number of nitrogens with zero attached hydrogens (tertiary/aromatic N) is 5. The predicted molar refractivity (Wildman–Crippen MR) is 82.3 cm³/mol. The second-order valence-electron chi connectivity index (χ2n) is 5.40. The lowest BCUT2D eigenvalue weighted by Crippen LogP contribution is -2.23. The average molecular weight is 323 g/mol. The van der Waals surface area contributed by atoms with Gasteiger partial charge < -0.3 is 9.84 Å². The Kier molecular flexibility index (Phi) is 5.14. The molecule has 120 valence electrons. The van der Waals surface area contributed by atoms with Crippen molar-refractivity contribution in [2.45, 2.75) is 39.6 Å². The lowest BCUT2D eigenvalue weighted by molar-refractivity contribution is 0.0788. The number of aryl methyl sites for hydroxylation is 2. The molecular weight excluding hydrogens is 302 g/mol. The maximum absolute atomic E-state index is 8.81. The molecule has 0 fully saturated rings. The molecule has 1 aliphatic rings. The summed E-state index contributed by atoms with van der Waals surface area (Å²) in [6.07, 6.45) is 1.05. The van der Waals surface area contributed by atoms with Gasteiger partial charge >= 0.3 is 0 Å². The van der Waals surface area contributed by atoms with Gasteiger partial charge in [-0.2, -0.15) is 0 Å². The van der Waals surface area contributed by atoms with E-state index >= 15 is 0 Å². The molecule has 7 nitrogen and oxygen atoms in total. The van der Waals surface area contributed by atoms with E-state index in [2.05, 4.69) is 25.6 Å². The zero-order chi connectivity index (χ0) is 15.4. The second kappa shape index (κ2) is 7.28. The topological polar surface area (TPSA) is 76.3 Å². The smallest absolute Gasteiger partial charge is 0.113 e. The van der Waals surface area contributed by atoms with E-state index in [0.29, 0.717) is 13.2 Å². The first-order valence-electron chi connectivity index (χ1n) is 7.49. The number of fused-ring (bicyclic) bond motifs is 1. The fraction of sp³-hybridized carbons (Fsp3) is 0.643. The van der Waals surface area contributed by atoms with Crippen molar-refractivity contribution in [3.05, 3.63) is 27.5 Å². The number of thiazole rings is 1. The first kappa shape index (κ1) is 15.5. The second-order valence-corrected chi connectivity index (χ2v) is 6.47. The van der Waals surface area contributed by atoms with Gasteiger partial charge in [-0.25, -0.2) is 9.67 Å². The summed E-state index contributed by atoms with van der Waals surface area (Å²) in [5.74, 6) is 0. The van der Waals surface area contributed by atoms with E-state index in [1.807, 2.05) is 11.6 Å². The minimum absolute atomic E-state index is 0.0266. The third-order valence-electron chi connectivity index (χ3n) is 3.66. The van der Waals surface area contributed by atoms with Crippen molar-refractivity contribution in [2.75, 3.05) is 19.8 Å².